The summed E-state index contributed by atoms with van der Waals surface area (Å²) in [5, 5.41) is 18.7. The molecule has 0 aliphatic heterocycles. The average molecular weight is 583 g/mol. The lowest BCUT2D eigenvalue weighted by atomic mass is 9.96. The smallest absolute Gasteiger partial charge is 0.326 e. The highest BCUT2D eigenvalue weighted by molar-refractivity contribution is 5.95. The molecular weight excluding hydrogens is 540 g/mol. The zero-order chi connectivity index (χ0) is 30.6. The third-order valence-electron chi connectivity index (χ3n) is 7.42. The number of carbonyl (C=O) groups is 4. The first kappa shape index (κ1) is 32.3. The summed E-state index contributed by atoms with van der Waals surface area (Å²) in [6.45, 7) is 4.14. The monoisotopic (exact) mass is 582 g/mol. The summed E-state index contributed by atoms with van der Waals surface area (Å²) in [4.78, 5) is 61.9. The number of nitrogens with two attached hydrogens (primary N) is 2. The van der Waals surface area contributed by atoms with Crippen molar-refractivity contribution in [3.63, 3.8) is 0 Å². The maximum absolute atomic E-state index is 13.7. The molecule has 5 atom stereocenters. The number of para-hydroxylation sites is 1. The van der Waals surface area contributed by atoms with Crippen molar-refractivity contribution >= 4 is 34.6 Å². The molecule has 2 heterocycles. The molecule has 0 saturated heterocycles. The van der Waals surface area contributed by atoms with Crippen LogP contribution in [0.3, 0.4) is 0 Å². The van der Waals surface area contributed by atoms with Crippen LogP contribution in [0.2, 0.25) is 0 Å². The number of fused-ring (bicyclic) bond motifs is 1. The Hall–Kier alpha value is -4.23. The molecule has 3 amide bonds. The lowest BCUT2D eigenvalue weighted by Crippen LogP contribution is -2.59. The van der Waals surface area contributed by atoms with Crippen LogP contribution >= 0.6 is 0 Å². The minimum absolute atomic E-state index is 0.0104. The first-order valence-corrected chi connectivity index (χ1v) is 14.3. The Labute approximate surface area is 244 Å². The number of carboxylic acid groups (broad SMARTS) is 1. The van der Waals surface area contributed by atoms with Crippen molar-refractivity contribution < 1.29 is 24.3 Å². The molecule has 0 saturated carbocycles. The number of rotatable bonds is 17. The number of carbonyl (C=O) groups excluding carboxylic acids is 3. The van der Waals surface area contributed by atoms with E-state index in [1.807, 2.05) is 31.2 Å². The summed E-state index contributed by atoms with van der Waals surface area (Å²) in [5.41, 5.74) is 13.9. The van der Waals surface area contributed by atoms with E-state index in [9.17, 15) is 24.3 Å². The summed E-state index contributed by atoms with van der Waals surface area (Å²) >= 11 is 0. The third-order valence-corrected chi connectivity index (χ3v) is 7.42. The fourth-order valence-electron chi connectivity index (χ4n) is 4.68. The normalized spacial score (nSPS) is 14.9. The Balaban J connectivity index is 1.81. The molecule has 10 N–H and O–H groups in total. The number of benzene rings is 1. The van der Waals surface area contributed by atoms with Crippen molar-refractivity contribution in [1.29, 1.82) is 0 Å². The van der Waals surface area contributed by atoms with Gasteiger partial charge in [0, 0.05) is 41.8 Å². The van der Waals surface area contributed by atoms with Crippen molar-refractivity contribution in [3.05, 3.63) is 54.2 Å². The highest BCUT2D eigenvalue weighted by atomic mass is 16.4. The molecule has 0 spiro atoms. The van der Waals surface area contributed by atoms with Crippen molar-refractivity contribution in [2.24, 2.45) is 17.4 Å². The maximum atomic E-state index is 13.7. The van der Waals surface area contributed by atoms with Gasteiger partial charge in [-0.05, 0) is 36.9 Å². The predicted octanol–water partition coefficient (Wildman–Crippen LogP) is 0.718. The molecule has 42 heavy (non-hydrogen) atoms. The number of aromatic amines is 2. The number of aromatic nitrogens is 3. The molecule has 2 aromatic heterocycles. The van der Waals surface area contributed by atoms with E-state index in [2.05, 4.69) is 30.9 Å². The molecule has 13 heteroatoms. The molecule has 0 radical (unpaired) electrons. The van der Waals surface area contributed by atoms with Gasteiger partial charge in [0.25, 0.3) is 0 Å². The summed E-state index contributed by atoms with van der Waals surface area (Å²) in [6, 6.07) is 3.43. The summed E-state index contributed by atoms with van der Waals surface area (Å²) in [5.74, 6) is -3.26. The summed E-state index contributed by atoms with van der Waals surface area (Å²) in [6.07, 6.45) is 7.15. The average Bonchev–Trinajstić information content (AvgIpc) is 3.64. The lowest BCUT2D eigenvalue weighted by Gasteiger charge is -2.28. The van der Waals surface area contributed by atoms with Crippen LogP contribution in [0.5, 0.6) is 0 Å². The van der Waals surface area contributed by atoms with Crippen LogP contribution in [0.1, 0.15) is 50.8 Å². The van der Waals surface area contributed by atoms with Gasteiger partial charge in [0.05, 0.1) is 12.4 Å². The molecular formula is C29H42N8O5. The fraction of sp³-hybridized carbons (Fsp3) is 0.483. The van der Waals surface area contributed by atoms with E-state index in [4.69, 9.17) is 11.5 Å². The van der Waals surface area contributed by atoms with E-state index < -0.39 is 47.9 Å². The van der Waals surface area contributed by atoms with Crippen LogP contribution in [-0.4, -0.2) is 74.5 Å². The third kappa shape index (κ3) is 8.88. The fourth-order valence-corrected chi connectivity index (χ4v) is 4.68. The number of aliphatic carboxylic acids is 1. The van der Waals surface area contributed by atoms with E-state index in [1.165, 1.54) is 12.5 Å². The molecule has 228 valence electrons. The molecule has 3 aromatic rings. The number of H-pyrrole nitrogens is 2. The van der Waals surface area contributed by atoms with Gasteiger partial charge in [0.2, 0.25) is 17.7 Å². The van der Waals surface area contributed by atoms with Gasteiger partial charge in [-0.1, -0.05) is 44.9 Å². The predicted molar refractivity (Wildman–Crippen MR) is 158 cm³/mol. The quantitative estimate of drug-likeness (QED) is 0.106. The molecule has 1 aromatic carbocycles. The summed E-state index contributed by atoms with van der Waals surface area (Å²) < 4.78 is 0. The lowest BCUT2D eigenvalue weighted by molar-refractivity contribution is -0.142. The first-order valence-electron chi connectivity index (χ1n) is 14.3. The minimum Gasteiger partial charge on any atom is -0.480 e. The van der Waals surface area contributed by atoms with Gasteiger partial charge in [0.15, 0.2) is 0 Å². The molecule has 0 aliphatic rings. The van der Waals surface area contributed by atoms with E-state index >= 15 is 0 Å². The molecule has 3 rings (SSSR count). The van der Waals surface area contributed by atoms with Gasteiger partial charge in [0.1, 0.15) is 18.1 Å². The van der Waals surface area contributed by atoms with Crippen LogP contribution in [0.4, 0.5) is 0 Å². The van der Waals surface area contributed by atoms with E-state index in [-0.39, 0.29) is 18.8 Å². The molecule has 0 fully saturated rings. The van der Waals surface area contributed by atoms with Gasteiger partial charge in [-0.2, -0.15) is 0 Å². The van der Waals surface area contributed by atoms with Crippen molar-refractivity contribution in [1.82, 2.24) is 30.9 Å². The van der Waals surface area contributed by atoms with Crippen molar-refractivity contribution in [2.75, 3.05) is 6.54 Å². The zero-order valence-corrected chi connectivity index (χ0v) is 24.1. The van der Waals surface area contributed by atoms with Crippen molar-refractivity contribution in [3.8, 4) is 0 Å². The topological polar surface area (TPSA) is 221 Å². The van der Waals surface area contributed by atoms with E-state index in [0.717, 1.165) is 22.9 Å². The maximum Gasteiger partial charge on any atom is 0.326 e. The largest absolute Gasteiger partial charge is 0.480 e. The number of nitrogens with one attached hydrogen (secondary N) is 5. The van der Waals surface area contributed by atoms with Gasteiger partial charge >= 0.3 is 5.97 Å². The van der Waals surface area contributed by atoms with Crippen molar-refractivity contribution in [2.45, 2.75) is 76.5 Å². The Morgan fingerprint density at radius 1 is 0.976 bits per heavy atom. The van der Waals surface area contributed by atoms with E-state index in [0.29, 0.717) is 31.5 Å². The summed E-state index contributed by atoms with van der Waals surface area (Å²) in [7, 11) is 0. The van der Waals surface area contributed by atoms with Crippen LogP contribution in [-0.2, 0) is 32.0 Å². The van der Waals surface area contributed by atoms with E-state index in [1.54, 1.807) is 13.1 Å². The highest BCUT2D eigenvalue weighted by Gasteiger charge is 2.33. The molecule has 0 bridgehead atoms. The Morgan fingerprint density at radius 2 is 1.71 bits per heavy atom. The van der Waals surface area contributed by atoms with Gasteiger partial charge in [-0.15, -0.1) is 0 Å². The van der Waals surface area contributed by atoms with Gasteiger partial charge in [-0.25, -0.2) is 9.78 Å². The number of carboxylic acids is 1. The second kappa shape index (κ2) is 15.7. The Kier molecular flexibility index (Phi) is 12.1. The van der Waals surface area contributed by atoms with Crippen LogP contribution in [0.25, 0.3) is 10.9 Å². The highest BCUT2D eigenvalue weighted by Crippen LogP contribution is 2.20. The molecule has 0 aliphatic carbocycles. The molecule has 5 unspecified atom stereocenters. The number of imidazole rings is 1. The van der Waals surface area contributed by atoms with Crippen LogP contribution in [0, 0.1) is 5.92 Å². The number of amides is 3. The minimum atomic E-state index is -1.24. The Bertz CT molecular complexity index is 1320. The first-order chi connectivity index (χ1) is 20.1. The van der Waals surface area contributed by atoms with Gasteiger partial charge < -0.3 is 42.5 Å². The zero-order valence-electron chi connectivity index (χ0n) is 24.1. The Morgan fingerprint density at radius 3 is 2.38 bits per heavy atom. The van der Waals surface area contributed by atoms with Crippen LogP contribution in [0.15, 0.2) is 43.0 Å². The SMILES string of the molecule is CCC(C)C(NC(=O)C(Cc1c[nH]c2ccccc12)NC(=O)C(N)CCCCN)C(=O)NC(Cc1cnc[nH]1)C(=O)O. The standard InChI is InChI=1S/C29H42N8O5/c1-3-17(2)25(28(40)36-24(29(41)42)13-19-15-32-16-34-19)37-27(39)23(35-26(38)21(31)9-6-7-11-30)12-18-14-33-22-10-5-4-8-20(18)22/h4-5,8,10,14-17,21,23-25,33H,3,6-7,9,11-13,30-31H2,1-2H3,(H,32,34)(H,35,38)(H,36,40)(H,37,39)(H,41,42). The number of unbranched alkanes of at least 4 members (excludes halogenated alkanes) is 1. The second-order valence-electron chi connectivity index (χ2n) is 10.6. The molecule has 13 nitrogen and oxygen atoms in total. The van der Waals surface area contributed by atoms with Crippen LogP contribution < -0.4 is 27.4 Å². The number of hydrogen-bond acceptors (Lipinski definition) is 7. The number of hydrogen-bond donors (Lipinski definition) is 8. The number of nitrogens with zero attached hydrogens (tertiary/aromatic N) is 1. The van der Waals surface area contributed by atoms with Gasteiger partial charge in [-0.3, -0.25) is 14.4 Å². The second-order valence-corrected chi connectivity index (χ2v) is 10.6.